The number of carbonyl (C=O) groups is 3. The number of allylic oxidation sites excluding steroid dienone is 1. The van der Waals surface area contributed by atoms with Gasteiger partial charge in [0, 0.05) is 16.8 Å². The summed E-state index contributed by atoms with van der Waals surface area (Å²) in [5.74, 6) is -3.18. The van der Waals surface area contributed by atoms with E-state index >= 15 is 0 Å². The Morgan fingerprint density at radius 1 is 0.927 bits per heavy atom. The SMILES string of the molecule is COC(=O)C1=C(C(=O)OC)N(c2cccc(NC(=O)c3cc4ccccc4o3)c2)C(N)=C(C#N)C1c1ccccc1. The number of esters is 2. The first-order valence-corrected chi connectivity index (χ1v) is 12.4. The van der Waals surface area contributed by atoms with Gasteiger partial charge in [-0.05, 0) is 35.9 Å². The van der Waals surface area contributed by atoms with Crippen molar-refractivity contribution in [3.8, 4) is 6.07 Å². The first-order chi connectivity index (χ1) is 19.9. The number of ether oxygens (including phenoxy) is 2. The monoisotopic (exact) mass is 548 g/mol. The second-order valence-electron chi connectivity index (χ2n) is 8.99. The predicted molar refractivity (Wildman–Crippen MR) is 150 cm³/mol. The average Bonchev–Trinajstić information content (AvgIpc) is 3.45. The molecule has 10 heteroatoms. The van der Waals surface area contributed by atoms with Gasteiger partial charge in [-0.25, -0.2) is 9.59 Å². The second kappa shape index (κ2) is 11.1. The molecule has 204 valence electrons. The van der Waals surface area contributed by atoms with Gasteiger partial charge in [-0.1, -0.05) is 54.6 Å². The molecule has 10 nitrogen and oxygen atoms in total. The lowest BCUT2D eigenvalue weighted by Gasteiger charge is -2.36. The molecule has 4 aromatic rings. The largest absolute Gasteiger partial charge is 0.466 e. The zero-order chi connectivity index (χ0) is 29.1. The lowest BCUT2D eigenvalue weighted by molar-refractivity contribution is -0.139. The van der Waals surface area contributed by atoms with Crippen molar-refractivity contribution in [2.45, 2.75) is 5.92 Å². The molecule has 0 fully saturated rings. The van der Waals surface area contributed by atoms with E-state index in [1.807, 2.05) is 12.1 Å². The van der Waals surface area contributed by atoms with Crippen LogP contribution in [0.2, 0.25) is 0 Å². The Bertz CT molecular complexity index is 1750. The maximum absolute atomic E-state index is 13.3. The highest BCUT2D eigenvalue weighted by Crippen LogP contribution is 2.43. The summed E-state index contributed by atoms with van der Waals surface area (Å²) in [6.45, 7) is 0. The molecule has 1 aliphatic heterocycles. The number of furan rings is 1. The summed E-state index contributed by atoms with van der Waals surface area (Å²) < 4.78 is 15.8. The summed E-state index contributed by atoms with van der Waals surface area (Å²) in [4.78, 5) is 40.7. The number of fused-ring (bicyclic) bond motifs is 1. The van der Waals surface area contributed by atoms with Gasteiger partial charge in [-0.15, -0.1) is 0 Å². The highest BCUT2D eigenvalue weighted by Gasteiger charge is 2.43. The summed E-state index contributed by atoms with van der Waals surface area (Å²) in [7, 11) is 2.35. The number of anilines is 2. The van der Waals surface area contributed by atoms with Crippen LogP contribution in [0.4, 0.5) is 11.4 Å². The Hall–Kier alpha value is -5.82. The van der Waals surface area contributed by atoms with Crippen LogP contribution in [0.1, 0.15) is 22.0 Å². The van der Waals surface area contributed by atoms with Gasteiger partial charge in [0.15, 0.2) is 5.76 Å². The minimum atomic E-state index is -0.991. The van der Waals surface area contributed by atoms with Gasteiger partial charge in [0.25, 0.3) is 5.91 Å². The van der Waals surface area contributed by atoms with Crippen molar-refractivity contribution in [2.24, 2.45) is 5.73 Å². The van der Waals surface area contributed by atoms with Gasteiger partial charge in [0.1, 0.15) is 17.1 Å². The molecule has 1 amide bonds. The van der Waals surface area contributed by atoms with Crippen LogP contribution in [-0.2, 0) is 19.1 Å². The third-order valence-corrected chi connectivity index (χ3v) is 6.62. The summed E-state index contributed by atoms with van der Waals surface area (Å²) in [6.07, 6.45) is 0. The summed E-state index contributed by atoms with van der Waals surface area (Å²) in [5.41, 5.74) is 7.99. The number of para-hydroxylation sites is 1. The van der Waals surface area contributed by atoms with Crippen LogP contribution in [0.5, 0.6) is 0 Å². The number of hydrogen-bond donors (Lipinski definition) is 2. The van der Waals surface area contributed by atoms with Crippen molar-refractivity contribution >= 4 is 40.2 Å². The van der Waals surface area contributed by atoms with Crippen molar-refractivity contribution in [3.05, 3.63) is 119 Å². The van der Waals surface area contributed by atoms with Crippen molar-refractivity contribution in [1.82, 2.24) is 0 Å². The fourth-order valence-corrected chi connectivity index (χ4v) is 4.79. The van der Waals surface area contributed by atoms with Crippen molar-refractivity contribution in [1.29, 1.82) is 5.26 Å². The van der Waals surface area contributed by atoms with Crippen LogP contribution in [0.3, 0.4) is 0 Å². The number of carbonyl (C=O) groups excluding carboxylic acids is 3. The zero-order valence-corrected chi connectivity index (χ0v) is 22.1. The van der Waals surface area contributed by atoms with Crippen LogP contribution in [0.25, 0.3) is 11.0 Å². The predicted octanol–water partition coefficient (Wildman–Crippen LogP) is 4.58. The second-order valence-corrected chi connectivity index (χ2v) is 8.99. The number of nitriles is 1. The Morgan fingerprint density at radius 2 is 1.63 bits per heavy atom. The standard InChI is InChI=1S/C31H24N4O6/c1-39-30(37)26-25(18-9-4-3-5-10-18)22(17-32)28(33)35(27(26)31(38)40-2)21-13-8-12-20(16-21)34-29(36)24-15-19-11-6-7-14-23(19)41-24/h3-16,25H,33H2,1-2H3,(H,34,36). The fraction of sp³-hybridized carbons (Fsp3) is 0.0968. The van der Waals surface area contributed by atoms with E-state index in [9.17, 15) is 19.6 Å². The Labute approximate surface area is 234 Å². The van der Waals surface area contributed by atoms with E-state index in [1.165, 1.54) is 19.1 Å². The maximum Gasteiger partial charge on any atom is 0.355 e. The highest BCUT2D eigenvalue weighted by atomic mass is 16.5. The van der Waals surface area contributed by atoms with Crippen molar-refractivity contribution < 1.29 is 28.3 Å². The molecule has 0 saturated heterocycles. The maximum atomic E-state index is 13.3. The van der Waals surface area contributed by atoms with Crippen molar-refractivity contribution in [2.75, 3.05) is 24.4 Å². The molecule has 1 unspecified atom stereocenters. The fourth-order valence-electron chi connectivity index (χ4n) is 4.79. The topological polar surface area (TPSA) is 148 Å². The third-order valence-electron chi connectivity index (χ3n) is 6.62. The van der Waals surface area contributed by atoms with Gasteiger partial charge < -0.3 is 24.9 Å². The van der Waals surface area contributed by atoms with Gasteiger partial charge in [-0.3, -0.25) is 9.69 Å². The molecule has 2 heterocycles. The number of methoxy groups -OCH3 is 2. The smallest absolute Gasteiger partial charge is 0.355 e. The number of benzene rings is 3. The van der Waals surface area contributed by atoms with Gasteiger partial charge in [0.2, 0.25) is 0 Å². The van der Waals surface area contributed by atoms with E-state index in [0.717, 1.165) is 5.39 Å². The third kappa shape index (κ3) is 4.88. The minimum absolute atomic E-state index is 0.0287. The highest BCUT2D eigenvalue weighted by molar-refractivity contribution is 6.07. The first kappa shape index (κ1) is 26.8. The zero-order valence-electron chi connectivity index (χ0n) is 22.1. The van der Waals surface area contributed by atoms with E-state index in [1.54, 1.807) is 72.8 Å². The van der Waals surface area contributed by atoms with E-state index in [4.69, 9.17) is 19.6 Å². The quantitative estimate of drug-likeness (QED) is 0.330. The lowest BCUT2D eigenvalue weighted by atomic mass is 9.81. The molecule has 0 aliphatic carbocycles. The van der Waals surface area contributed by atoms with Gasteiger partial charge >= 0.3 is 11.9 Å². The average molecular weight is 549 g/mol. The number of hydrogen-bond acceptors (Lipinski definition) is 9. The molecule has 1 aliphatic rings. The van der Waals surface area contributed by atoms with E-state index in [-0.39, 0.29) is 34.1 Å². The van der Waals surface area contributed by atoms with Crippen LogP contribution in [0.15, 0.2) is 112 Å². The van der Waals surface area contributed by atoms with Gasteiger partial charge in [-0.2, -0.15) is 5.26 Å². The first-order valence-electron chi connectivity index (χ1n) is 12.4. The van der Waals surface area contributed by atoms with Crippen LogP contribution in [-0.4, -0.2) is 32.1 Å². The number of nitrogens with one attached hydrogen (secondary N) is 1. The molecule has 3 N–H and O–H groups in total. The number of nitrogens with two attached hydrogens (primary N) is 1. The molecule has 3 aromatic carbocycles. The van der Waals surface area contributed by atoms with E-state index < -0.39 is 23.8 Å². The molecule has 5 rings (SSSR count). The molecule has 1 aromatic heterocycles. The summed E-state index contributed by atoms with van der Waals surface area (Å²) >= 11 is 0. The van der Waals surface area contributed by atoms with Crippen LogP contribution >= 0.6 is 0 Å². The lowest BCUT2D eigenvalue weighted by Crippen LogP contribution is -2.40. The molecular formula is C31H24N4O6. The Morgan fingerprint density at radius 3 is 2.32 bits per heavy atom. The molecule has 0 saturated carbocycles. The number of nitrogens with zero attached hydrogens (tertiary/aromatic N) is 2. The van der Waals surface area contributed by atoms with E-state index in [0.29, 0.717) is 16.8 Å². The Kier molecular flexibility index (Phi) is 7.26. The number of rotatable bonds is 6. The molecule has 1 atom stereocenters. The molecule has 0 radical (unpaired) electrons. The molecular weight excluding hydrogens is 524 g/mol. The molecule has 0 bridgehead atoms. The normalized spacial score (nSPS) is 15.0. The summed E-state index contributed by atoms with van der Waals surface area (Å²) in [5, 5.41) is 13.7. The molecule has 41 heavy (non-hydrogen) atoms. The molecule has 0 spiro atoms. The number of amides is 1. The van der Waals surface area contributed by atoms with Gasteiger partial charge in [0.05, 0.1) is 37.4 Å². The van der Waals surface area contributed by atoms with Crippen LogP contribution < -0.4 is 16.0 Å². The van der Waals surface area contributed by atoms with Crippen molar-refractivity contribution in [3.63, 3.8) is 0 Å². The van der Waals surface area contributed by atoms with Crippen LogP contribution in [0, 0.1) is 11.3 Å². The Balaban J connectivity index is 1.62. The minimum Gasteiger partial charge on any atom is -0.466 e. The summed E-state index contributed by atoms with van der Waals surface area (Å²) in [6, 6.07) is 26.1. The van der Waals surface area contributed by atoms with E-state index in [2.05, 4.69) is 11.4 Å².